The van der Waals surface area contributed by atoms with Gasteiger partial charge in [0.2, 0.25) is 0 Å². The van der Waals surface area contributed by atoms with E-state index in [1.54, 1.807) is 7.11 Å². The number of rotatable bonds is 5. The molecule has 0 aromatic rings. The quantitative estimate of drug-likeness (QED) is 0.586. The van der Waals surface area contributed by atoms with Crippen molar-refractivity contribution >= 4 is 0 Å². The molecule has 0 aromatic carbocycles. The third-order valence-electron chi connectivity index (χ3n) is 2.45. The lowest BCUT2D eigenvalue weighted by Gasteiger charge is -2.10. The maximum atomic E-state index is 5.61. The second kappa shape index (κ2) is 3.35. The van der Waals surface area contributed by atoms with E-state index in [9.17, 15) is 0 Å². The van der Waals surface area contributed by atoms with Gasteiger partial charge in [0.1, 0.15) is 0 Å². The summed E-state index contributed by atoms with van der Waals surface area (Å²) in [5, 5.41) is 0. The molecular weight excluding hydrogens is 126 g/mol. The van der Waals surface area contributed by atoms with E-state index in [0.717, 1.165) is 13.2 Å². The molecule has 1 fully saturated rings. The minimum absolute atomic E-state index is 0.540. The number of nitrogens with two attached hydrogens (primary N) is 1. The maximum Gasteiger partial charge on any atom is 0.0462 e. The second-order valence-electron chi connectivity index (χ2n) is 3.30. The average Bonchev–Trinajstić information content (AvgIpc) is 2.70. The van der Waals surface area contributed by atoms with Crippen LogP contribution in [-0.2, 0) is 4.74 Å². The predicted molar refractivity (Wildman–Crippen MR) is 41.8 cm³/mol. The average molecular weight is 143 g/mol. The molecule has 10 heavy (non-hydrogen) atoms. The van der Waals surface area contributed by atoms with Crippen LogP contribution in [-0.4, -0.2) is 20.3 Å². The highest BCUT2D eigenvalue weighted by Gasteiger charge is 2.39. The molecule has 0 saturated heterocycles. The standard InChI is InChI=1S/C8H17NO/c1-10-6-2-3-8(7-9)4-5-8/h2-7,9H2,1H3. The van der Waals surface area contributed by atoms with E-state index in [1.165, 1.54) is 25.7 Å². The van der Waals surface area contributed by atoms with Crippen LogP contribution in [0.2, 0.25) is 0 Å². The molecule has 1 saturated carbocycles. The topological polar surface area (TPSA) is 35.2 Å². The molecule has 0 radical (unpaired) electrons. The summed E-state index contributed by atoms with van der Waals surface area (Å²) in [7, 11) is 1.75. The lowest BCUT2D eigenvalue weighted by molar-refractivity contribution is 0.185. The van der Waals surface area contributed by atoms with Gasteiger partial charge in [0, 0.05) is 13.7 Å². The van der Waals surface area contributed by atoms with Crippen LogP contribution in [0.1, 0.15) is 25.7 Å². The molecule has 1 aliphatic rings. The summed E-state index contributed by atoms with van der Waals surface area (Å²) < 4.78 is 4.97. The molecule has 1 rings (SSSR count). The Kier molecular flexibility index (Phi) is 2.69. The van der Waals surface area contributed by atoms with Crippen molar-refractivity contribution in [3.05, 3.63) is 0 Å². The zero-order valence-electron chi connectivity index (χ0n) is 6.73. The van der Waals surface area contributed by atoms with Gasteiger partial charge < -0.3 is 10.5 Å². The van der Waals surface area contributed by atoms with Crippen molar-refractivity contribution < 1.29 is 4.74 Å². The van der Waals surface area contributed by atoms with E-state index in [1.807, 2.05) is 0 Å². The molecule has 0 aromatic heterocycles. The Labute approximate surface area is 62.7 Å². The van der Waals surface area contributed by atoms with Gasteiger partial charge in [-0.3, -0.25) is 0 Å². The molecule has 0 heterocycles. The Morgan fingerprint density at radius 3 is 2.60 bits per heavy atom. The van der Waals surface area contributed by atoms with Crippen LogP contribution in [0, 0.1) is 5.41 Å². The summed E-state index contributed by atoms with van der Waals surface area (Å²) in [4.78, 5) is 0. The highest BCUT2D eigenvalue weighted by atomic mass is 16.5. The molecule has 2 nitrogen and oxygen atoms in total. The highest BCUT2D eigenvalue weighted by molar-refractivity contribution is 4.93. The summed E-state index contributed by atoms with van der Waals surface area (Å²) in [5.74, 6) is 0. The van der Waals surface area contributed by atoms with Gasteiger partial charge in [-0.2, -0.15) is 0 Å². The Hall–Kier alpha value is -0.0800. The fourth-order valence-corrected chi connectivity index (χ4v) is 1.32. The monoisotopic (exact) mass is 143 g/mol. The van der Waals surface area contributed by atoms with E-state index in [4.69, 9.17) is 10.5 Å². The maximum absolute atomic E-state index is 5.61. The summed E-state index contributed by atoms with van der Waals surface area (Å²) in [5.41, 5.74) is 6.15. The largest absolute Gasteiger partial charge is 0.385 e. The smallest absolute Gasteiger partial charge is 0.0462 e. The minimum atomic E-state index is 0.540. The minimum Gasteiger partial charge on any atom is -0.385 e. The van der Waals surface area contributed by atoms with Crippen molar-refractivity contribution in [2.45, 2.75) is 25.7 Å². The van der Waals surface area contributed by atoms with Crippen LogP contribution in [0.15, 0.2) is 0 Å². The first-order valence-electron chi connectivity index (χ1n) is 4.02. The van der Waals surface area contributed by atoms with Gasteiger partial charge in [-0.05, 0) is 37.6 Å². The zero-order valence-corrected chi connectivity index (χ0v) is 6.73. The molecule has 1 aliphatic carbocycles. The van der Waals surface area contributed by atoms with E-state index >= 15 is 0 Å². The second-order valence-corrected chi connectivity index (χ2v) is 3.30. The lowest BCUT2D eigenvalue weighted by Crippen LogP contribution is -2.15. The predicted octanol–water partition coefficient (Wildman–Crippen LogP) is 1.15. The fraction of sp³-hybridized carbons (Fsp3) is 1.00. The number of ether oxygens (including phenoxy) is 1. The highest BCUT2D eigenvalue weighted by Crippen LogP contribution is 2.48. The SMILES string of the molecule is COCCCC1(CN)CC1. The molecular formula is C8H17NO. The van der Waals surface area contributed by atoms with Crippen LogP contribution in [0.25, 0.3) is 0 Å². The van der Waals surface area contributed by atoms with Crippen LogP contribution in [0.5, 0.6) is 0 Å². The Balaban J connectivity index is 2.01. The van der Waals surface area contributed by atoms with E-state index < -0.39 is 0 Å². The van der Waals surface area contributed by atoms with Crippen molar-refractivity contribution in [3.63, 3.8) is 0 Å². The zero-order chi connectivity index (χ0) is 7.45. The molecule has 0 bridgehead atoms. The first-order chi connectivity index (χ1) is 4.83. The number of hydrogen-bond acceptors (Lipinski definition) is 2. The number of methoxy groups -OCH3 is 1. The number of hydrogen-bond donors (Lipinski definition) is 1. The van der Waals surface area contributed by atoms with E-state index in [2.05, 4.69) is 0 Å². The van der Waals surface area contributed by atoms with Crippen LogP contribution >= 0.6 is 0 Å². The first-order valence-corrected chi connectivity index (χ1v) is 4.02. The summed E-state index contributed by atoms with van der Waals surface area (Å²) >= 11 is 0. The molecule has 60 valence electrons. The molecule has 2 heteroatoms. The van der Waals surface area contributed by atoms with Gasteiger partial charge in [-0.15, -0.1) is 0 Å². The lowest BCUT2D eigenvalue weighted by atomic mass is 10.0. The molecule has 0 spiro atoms. The molecule has 0 aliphatic heterocycles. The van der Waals surface area contributed by atoms with Crippen molar-refractivity contribution in [3.8, 4) is 0 Å². The third kappa shape index (κ3) is 1.96. The van der Waals surface area contributed by atoms with Gasteiger partial charge in [-0.25, -0.2) is 0 Å². The molecule has 2 N–H and O–H groups in total. The normalized spacial score (nSPS) is 21.0. The Morgan fingerprint density at radius 1 is 1.50 bits per heavy atom. The van der Waals surface area contributed by atoms with Crippen molar-refractivity contribution in [2.24, 2.45) is 11.1 Å². The van der Waals surface area contributed by atoms with Crippen molar-refractivity contribution in [1.82, 2.24) is 0 Å². The van der Waals surface area contributed by atoms with Crippen LogP contribution in [0.3, 0.4) is 0 Å². The Morgan fingerprint density at radius 2 is 2.20 bits per heavy atom. The molecule has 0 amide bonds. The van der Waals surface area contributed by atoms with Gasteiger partial charge in [0.25, 0.3) is 0 Å². The fourth-order valence-electron chi connectivity index (χ4n) is 1.32. The third-order valence-corrected chi connectivity index (χ3v) is 2.45. The van der Waals surface area contributed by atoms with E-state index in [-0.39, 0.29) is 0 Å². The van der Waals surface area contributed by atoms with Gasteiger partial charge in [0.15, 0.2) is 0 Å². The summed E-state index contributed by atoms with van der Waals surface area (Å²) in [6.07, 6.45) is 5.12. The molecule has 0 atom stereocenters. The van der Waals surface area contributed by atoms with Gasteiger partial charge >= 0.3 is 0 Å². The van der Waals surface area contributed by atoms with Gasteiger partial charge in [-0.1, -0.05) is 0 Å². The van der Waals surface area contributed by atoms with Crippen molar-refractivity contribution in [1.29, 1.82) is 0 Å². The van der Waals surface area contributed by atoms with Crippen LogP contribution < -0.4 is 5.73 Å². The summed E-state index contributed by atoms with van der Waals surface area (Å²) in [6.45, 7) is 1.76. The van der Waals surface area contributed by atoms with Crippen molar-refractivity contribution in [2.75, 3.05) is 20.3 Å². The van der Waals surface area contributed by atoms with E-state index in [0.29, 0.717) is 5.41 Å². The first kappa shape index (κ1) is 8.02. The Bertz CT molecular complexity index is 99.4. The van der Waals surface area contributed by atoms with Gasteiger partial charge in [0.05, 0.1) is 0 Å². The van der Waals surface area contributed by atoms with Crippen LogP contribution in [0.4, 0.5) is 0 Å². The molecule has 0 unspecified atom stereocenters. The summed E-state index contributed by atoms with van der Waals surface area (Å²) in [6, 6.07) is 0.